The lowest BCUT2D eigenvalue weighted by Gasteiger charge is -2.36. The summed E-state index contributed by atoms with van der Waals surface area (Å²) in [4.78, 5) is 29.9. The first-order chi connectivity index (χ1) is 9.97. The SMILES string of the molecule is CN(C)CCN1CCN(C(=O)C2CCC(C(=O)O)C2)CC1. The maximum absolute atomic E-state index is 12.4. The van der Waals surface area contributed by atoms with Crippen molar-refractivity contribution in [2.75, 3.05) is 53.4 Å². The van der Waals surface area contributed by atoms with Gasteiger partial charge in [-0.05, 0) is 33.4 Å². The van der Waals surface area contributed by atoms with E-state index in [4.69, 9.17) is 5.11 Å². The summed E-state index contributed by atoms with van der Waals surface area (Å²) in [6.45, 7) is 5.49. The van der Waals surface area contributed by atoms with Crippen LogP contribution >= 0.6 is 0 Å². The van der Waals surface area contributed by atoms with Crippen LogP contribution in [0.15, 0.2) is 0 Å². The normalized spacial score (nSPS) is 27.3. The van der Waals surface area contributed by atoms with Gasteiger partial charge in [0.15, 0.2) is 0 Å². The fraction of sp³-hybridized carbons (Fsp3) is 0.867. The van der Waals surface area contributed by atoms with Gasteiger partial charge in [-0.25, -0.2) is 0 Å². The maximum atomic E-state index is 12.4. The van der Waals surface area contributed by atoms with Gasteiger partial charge in [0.25, 0.3) is 0 Å². The molecule has 120 valence electrons. The van der Waals surface area contributed by atoms with Crippen molar-refractivity contribution in [3.8, 4) is 0 Å². The van der Waals surface area contributed by atoms with E-state index in [9.17, 15) is 9.59 Å². The molecule has 1 N–H and O–H groups in total. The van der Waals surface area contributed by atoms with E-state index >= 15 is 0 Å². The minimum Gasteiger partial charge on any atom is -0.481 e. The van der Waals surface area contributed by atoms with Crippen LogP contribution in [0.5, 0.6) is 0 Å². The minimum absolute atomic E-state index is 0.0700. The molecule has 0 aromatic carbocycles. The topological polar surface area (TPSA) is 64.1 Å². The summed E-state index contributed by atoms with van der Waals surface area (Å²) < 4.78 is 0. The van der Waals surface area contributed by atoms with Gasteiger partial charge in [-0.1, -0.05) is 0 Å². The Bertz CT molecular complexity index is 378. The Morgan fingerprint density at radius 3 is 2.24 bits per heavy atom. The summed E-state index contributed by atoms with van der Waals surface area (Å²) in [5.74, 6) is -0.968. The van der Waals surface area contributed by atoms with Gasteiger partial charge in [0, 0.05) is 45.2 Å². The first kappa shape index (κ1) is 16.2. The number of amides is 1. The van der Waals surface area contributed by atoms with Crippen molar-refractivity contribution in [2.24, 2.45) is 11.8 Å². The van der Waals surface area contributed by atoms with E-state index in [1.807, 2.05) is 4.90 Å². The average Bonchev–Trinajstić information content (AvgIpc) is 2.95. The summed E-state index contributed by atoms with van der Waals surface area (Å²) in [7, 11) is 4.14. The zero-order valence-electron chi connectivity index (χ0n) is 13.1. The van der Waals surface area contributed by atoms with Gasteiger partial charge < -0.3 is 14.9 Å². The van der Waals surface area contributed by atoms with E-state index < -0.39 is 5.97 Å². The molecule has 6 nitrogen and oxygen atoms in total. The molecule has 0 bridgehead atoms. The second kappa shape index (κ2) is 7.22. The van der Waals surface area contributed by atoms with Crippen molar-refractivity contribution in [1.82, 2.24) is 14.7 Å². The van der Waals surface area contributed by atoms with Crippen molar-refractivity contribution in [1.29, 1.82) is 0 Å². The molecule has 0 spiro atoms. The molecule has 1 saturated carbocycles. The molecule has 0 aromatic heterocycles. The number of carbonyl (C=O) groups excluding carboxylic acids is 1. The van der Waals surface area contributed by atoms with Gasteiger partial charge in [-0.3, -0.25) is 14.5 Å². The van der Waals surface area contributed by atoms with Crippen molar-refractivity contribution >= 4 is 11.9 Å². The van der Waals surface area contributed by atoms with E-state index in [1.54, 1.807) is 0 Å². The van der Waals surface area contributed by atoms with Gasteiger partial charge in [-0.2, -0.15) is 0 Å². The molecule has 1 saturated heterocycles. The predicted octanol–water partition coefficient (Wildman–Crippen LogP) is 0.193. The number of carboxylic acids is 1. The van der Waals surface area contributed by atoms with Gasteiger partial charge in [-0.15, -0.1) is 0 Å². The first-order valence-electron chi connectivity index (χ1n) is 7.86. The van der Waals surface area contributed by atoms with Crippen LogP contribution in [0.4, 0.5) is 0 Å². The molecule has 1 aliphatic heterocycles. The van der Waals surface area contributed by atoms with Crippen LogP contribution in [0.25, 0.3) is 0 Å². The largest absolute Gasteiger partial charge is 0.481 e. The molecular formula is C15H27N3O3. The summed E-state index contributed by atoms with van der Waals surface area (Å²) in [5, 5.41) is 9.03. The van der Waals surface area contributed by atoms with Crippen molar-refractivity contribution in [2.45, 2.75) is 19.3 Å². The van der Waals surface area contributed by atoms with Crippen molar-refractivity contribution in [3.63, 3.8) is 0 Å². The van der Waals surface area contributed by atoms with E-state index in [0.717, 1.165) is 45.7 Å². The van der Waals surface area contributed by atoms with E-state index in [1.165, 1.54) is 0 Å². The Morgan fingerprint density at radius 1 is 1.10 bits per heavy atom. The number of piperazine rings is 1. The second-order valence-corrected chi connectivity index (χ2v) is 6.52. The van der Waals surface area contributed by atoms with E-state index in [-0.39, 0.29) is 17.7 Å². The molecule has 2 fully saturated rings. The van der Waals surface area contributed by atoms with Crippen molar-refractivity contribution < 1.29 is 14.7 Å². The molecule has 0 radical (unpaired) electrons. The summed E-state index contributed by atoms with van der Waals surface area (Å²) in [5.41, 5.74) is 0. The Hall–Kier alpha value is -1.14. The number of aliphatic carboxylic acids is 1. The molecule has 21 heavy (non-hydrogen) atoms. The highest BCUT2D eigenvalue weighted by molar-refractivity contribution is 5.81. The minimum atomic E-state index is -0.751. The van der Waals surface area contributed by atoms with Crippen LogP contribution in [-0.2, 0) is 9.59 Å². The smallest absolute Gasteiger partial charge is 0.306 e. The molecule has 1 heterocycles. The molecule has 0 aromatic rings. The lowest BCUT2D eigenvalue weighted by atomic mass is 10.0. The highest BCUT2D eigenvalue weighted by Gasteiger charge is 2.36. The number of nitrogens with zero attached hydrogens (tertiary/aromatic N) is 3. The summed E-state index contributed by atoms with van der Waals surface area (Å²) in [6, 6.07) is 0. The van der Waals surface area contributed by atoms with Crippen LogP contribution in [0.3, 0.4) is 0 Å². The Labute approximate surface area is 126 Å². The zero-order valence-corrected chi connectivity index (χ0v) is 13.1. The Kier molecular flexibility index (Phi) is 5.58. The highest BCUT2D eigenvalue weighted by Crippen LogP contribution is 2.32. The third-order valence-electron chi connectivity index (χ3n) is 4.68. The molecule has 6 heteroatoms. The van der Waals surface area contributed by atoms with Crippen LogP contribution in [0, 0.1) is 11.8 Å². The fourth-order valence-electron chi connectivity index (χ4n) is 3.22. The van der Waals surface area contributed by atoms with Crippen LogP contribution < -0.4 is 0 Å². The highest BCUT2D eigenvalue weighted by atomic mass is 16.4. The van der Waals surface area contributed by atoms with Crippen LogP contribution in [0.1, 0.15) is 19.3 Å². The fourth-order valence-corrected chi connectivity index (χ4v) is 3.22. The summed E-state index contributed by atoms with van der Waals surface area (Å²) >= 11 is 0. The number of hydrogen-bond acceptors (Lipinski definition) is 4. The molecule has 2 atom stereocenters. The van der Waals surface area contributed by atoms with Crippen molar-refractivity contribution in [3.05, 3.63) is 0 Å². The zero-order chi connectivity index (χ0) is 15.4. The van der Waals surface area contributed by atoms with Gasteiger partial charge in [0.05, 0.1) is 5.92 Å². The monoisotopic (exact) mass is 297 g/mol. The molecule has 2 aliphatic rings. The lowest BCUT2D eigenvalue weighted by molar-refractivity contribution is -0.142. The molecule has 1 aliphatic carbocycles. The first-order valence-corrected chi connectivity index (χ1v) is 7.86. The van der Waals surface area contributed by atoms with E-state index in [0.29, 0.717) is 12.8 Å². The van der Waals surface area contributed by atoms with Crippen LogP contribution in [-0.4, -0.2) is 85.0 Å². The standard InChI is InChI=1S/C15H27N3O3/c1-16(2)5-6-17-7-9-18(10-8-17)14(19)12-3-4-13(11-12)15(20)21/h12-13H,3-11H2,1-2H3,(H,20,21). The quantitative estimate of drug-likeness (QED) is 0.785. The Balaban J connectivity index is 1.75. The number of hydrogen-bond donors (Lipinski definition) is 1. The summed E-state index contributed by atoms with van der Waals surface area (Å²) in [6.07, 6.45) is 1.90. The number of rotatable bonds is 5. The number of carbonyl (C=O) groups is 2. The second-order valence-electron chi connectivity index (χ2n) is 6.52. The van der Waals surface area contributed by atoms with Gasteiger partial charge in [0.2, 0.25) is 5.91 Å². The molecule has 2 rings (SSSR count). The van der Waals surface area contributed by atoms with E-state index in [2.05, 4.69) is 23.9 Å². The van der Waals surface area contributed by atoms with Gasteiger partial charge >= 0.3 is 5.97 Å². The van der Waals surface area contributed by atoms with Crippen LogP contribution in [0.2, 0.25) is 0 Å². The molecule has 2 unspecified atom stereocenters. The third-order valence-corrected chi connectivity index (χ3v) is 4.68. The molecule has 1 amide bonds. The maximum Gasteiger partial charge on any atom is 0.306 e. The lowest BCUT2D eigenvalue weighted by Crippen LogP contribution is -2.51. The van der Waals surface area contributed by atoms with Gasteiger partial charge in [0.1, 0.15) is 0 Å². The third kappa shape index (κ3) is 4.41. The molecular weight excluding hydrogens is 270 g/mol. The Morgan fingerprint density at radius 2 is 1.71 bits per heavy atom. The number of likely N-dealkylation sites (N-methyl/N-ethyl adjacent to an activating group) is 1. The average molecular weight is 297 g/mol. The predicted molar refractivity (Wildman–Crippen MR) is 80.0 cm³/mol. The number of carboxylic acid groups (broad SMARTS) is 1.